The molecule has 4 nitrogen and oxygen atoms in total. The highest BCUT2D eigenvalue weighted by molar-refractivity contribution is 5.98. The van der Waals surface area contributed by atoms with E-state index >= 15 is 0 Å². The van der Waals surface area contributed by atoms with Crippen molar-refractivity contribution in [2.24, 2.45) is 0 Å². The van der Waals surface area contributed by atoms with Gasteiger partial charge in [0.1, 0.15) is 11.5 Å². The number of hydrogen-bond donors (Lipinski definition) is 1. The average Bonchev–Trinajstić information content (AvgIpc) is 2.56. The highest BCUT2D eigenvalue weighted by atomic mass is 16.5. The Morgan fingerprint density at radius 2 is 1.50 bits per heavy atom. The zero-order valence-corrected chi connectivity index (χ0v) is 14.9. The molecule has 0 bridgehead atoms. The van der Waals surface area contributed by atoms with Gasteiger partial charge >= 0.3 is 0 Å². The lowest BCUT2D eigenvalue weighted by molar-refractivity contribution is -0.120. The summed E-state index contributed by atoms with van der Waals surface area (Å²) in [6.45, 7) is 7.76. The summed E-state index contributed by atoms with van der Waals surface area (Å²) in [5.74, 6) is 1.50. The van der Waals surface area contributed by atoms with E-state index in [2.05, 4.69) is 5.32 Å². The van der Waals surface area contributed by atoms with Crippen LogP contribution < -0.4 is 14.8 Å². The lowest BCUT2D eigenvalue weighted by Gasteiger charge is -2.24. The highest BCUT2D eigenvalue weighted by Gasteiger charge is 2.29. The van der Waals surface area contributed by atoms with Crippen LogP contribution in [0, 0.1) is 0 Å². The van der Waals surface area contributed by atoms with Crippen molar-refractivity contribution in [2.45, 2.75) is 39.2 Å². The van der Waals surface area contributed by atoms with Crippen LogP contribution in [-0.4, -0.2) is 19.1 Å². The average molecular weight is 327 g/mol. The molecule has 2 aromatic carbocycles. The van der Waals surface area contributed by atoms with Gasteiger partial charge in [-0.25, -0.2) is 0 Å². The molecule has 0 radical (unpaired) electrons. The maximum Gasteiger partial charge on any atom is 0.234 e. The van der Waals surface area contributed by atoms with Crippen molar-refractivity contribution in [3.05, 3.63) is 54.1 Å². The lowest BCUT2D eigenvalue weighted by Crippen LogP contribution is -2.34. The maximum atomic E-state index is 12.7. The fourth-order valence-electron chi connectivity index (χ4n) is 2.32. The molecule has 0 fully saturated rings. The molecule has 0 aromatic heterocycles. The fraction of sp³-hybridized carbons (Fsp3) is 0.350. The van der Waals surface area contributed by atoms with Crippen LogP contribution in [0.4, 0.5) is 5.69 Å². The molecule has 1 amide bonds. The van der Waals surface area contributed by atoms with E-state index in [1.54, 1.807) is 7.11 Å². The molecule has 0 saturated heterocycles. The third-order valence-electron chi connectivity index (χ3n) is 3.86. The molecule has 0 atom stereocenters. The molecule has 0 unspecified atom stereocenters. The second-order valence-electron chi connectivity index (χ2n) is 6.50. The summed E-state index contributed by atoms with van der Waals surface area (Å²) in [7, 11) is 1.62. The fourth-order valence-corrected chi connectivity index (χ4v) is 2.32. The Labute approximate surface area is 143 Å². The maximum absolute atomic E-state index is 12.7. The number of hydrogen-bond acceptors (Lipinski definition) is 3. The largest absolute Gasteiger partial charge is 0.497 e. The Bertz CT molecular complexity index is 673. The molecule has 24 heavy (non-hydrogen) atoms. The number of methoxy groups -OCH3 is 1. The van der Waals surface area contributed by atoms with Gasteiger partial charge in [0.2, 0.25) is 5.91 Å². The van der Waals surface area contributed by atoms with E-state index in [4.69, 9.17) is 9.47 Å². The molecule has 0 aliphatic heterocycles. The van der Waals surface area contributed by atoms with Gasteiger partial charge in [-0.3, -0.25) is 4.79 Å². The monoisotopic (exact) mass is 327 g/mol. The van der Waals surface area contributed by atoms with Gasteiger partial charge in [-0.1, -0.05) is 12.1 Å². The summed E-state index contributed by atoms with van der Waals surface area (Å²) in [5.41, 5.74) is 1.03. The summed E-state index contributed by atoms with van der Waals surface area (Å²) < 4.78 is 10.8. The van der Waals surface area contributed by atoms with Crippen LogP contribution in [0.15, 0.2) is 48.5 Å². The number of carbonyl (C=O) groups is 1. The van der Waals surface area contributed by atoms with Crippen LogP contribution >= 0.6 is 0 Å². The summed E-state index contributed by atoms with van der Waals surface area (Å²) >= 11 is 0. The zero-order valence-electron chi connectivity index (χ0n) is 14.9. The molecular weight excluding hydrogens is 302 g/mol. The number of rotatable bonds is 6. The summed E-state index contributed by atoms with van der Waals surface area (Å²) in [5, 5.41) is 2.96. The number of carbonyl (C=O) groups excluding carboxylic acids is 1. The Morgan fingerprint density at radius 1 is 0.958 bits per heavy atom. The van der Waals surface area contributed by atoms with Crippen molar-refractivity contribution in [3.8, 4) is 11.5 Å². The van der Waals surface area contributed by atoms with Crippen LogP contribution in [0.2, 0.25) is 0 Å². The van der Waals surface area contributed by atoms with Crippen molar-refractivity contribution >= 4 is 11.6 Å². The predicted octanol–water partition coefficient (Wildman–Crippen LogP) is 4.40. The summed E-state index contributed by atoms with van der Waals surface area (Å²) in [4.78, 5) is 12.7. The lowest BCUT2D eigenvalue weighted by atomic mass is 9.83. The van der Waals surface area contributed by atoms with Gasteiger partial charge in [0.15, 0.2) is 0 Å². The Kier molecular flexibility index (Phi) is 5.50. The summed E-state index contributed by atoms with van der Waals surface area (Å²) in [6, 6.07) is 15.0. The number of ether oxygens (including phenoxy) is 2. The van der Waals surface area contributed by atoms with Crippen LogP contribution in [0.1, 0.15) is 33.3 Å². The van der Waals surface area contributed by atoms with Gasteiger partial charge in [-0.15, -0.1) is 0 Å². The number of anilines is 1. The van der Waals surface area contributed by atoms with E-state index < -0.39 is 5.41 Å². The van der Waals surface area contributed by atoms with Gasteiger partial charge in [0.05, 0.1) is 18.6 Å². The molecular formula is C20H25NO3. The first-order chi connectivity index (χ1) is 11.3. The van der Waals surface area contributed by atoms with E-state index in [-0.39, 0.29) is 12.0 Å². The van der Waals surface area contributed by atoms with Crippen molar-refractivity contribution in [1.29, 1.82) is 0 Å². The molecule has 2 rings (SSSR count). The second kappa shape index (κ2) is 7.39. The van der Waals surface area contributed by atoms with Gasteiger partial charge in [0.25, 0.3) is 0 Å². The van der Waals surface area contributed by atoms with E-state index in [0.29, 0.717) is 0 Å². The molecule has 0 aliphatic carbocycles. The quantitative estimate of drug-likeness (QED) is 0.855. The standard InChI is InChI=1S/C20H25NO3/c1-14(2)24-18-12-8-16(9-13-18)21-19(22)20(3,4)15-6-10-17(23-5)11-7-15/h6-14H,1-5H3,(H,21,22). The normalized spacial score (nSPS) is 11.2. The minimum Gasteiger partial charge on any atom is -0.497 e. The van der Waals surface area contributed by atoms with Gasteiger partial charge in [0, 0.05) is 5.69 Å². The minimum absolute atomic E-state index is 0.0646. The molecule has 0 spiro atoms. The van der Waals surface area contributed by atoms with E-state index in [1.807, 2.05) is 76.2 Å². The smallest absolute Gasteiger partial charge is 0.234 e. The van der Waals surface area contributed by atoms with Crippen LogP contribution in [0.25, 0.3) is 0 Å². The van der Waals surface area contributed by atoms with E-state index in [0.717, 1.165) is 22.7 Å². The number of benzene rings is 2. The first-order valence-electron chi connectivity index (χ1n) is 8.05. The van der Waals surface area contributed by atoms with Crippen molar-refractivity contribution in [1.82, 2.24) is 0 Å². The van der Waals surface area contributed by atoms with Crippen LogP contribution in [0.5, 0.6) is 11.5 Å². The Morgan fingerprint density at radius 3 is 2.00 bits per heavy atom. The van der Waals surface area contributed by atoms with E-state index in [9.17, 15) is 4.79 Å². The minimum atomic E-state index is -0.653. The van der Waals surface area contributed by atoms with Gasteiger partial charge in [-0.05, 0) is 69.7 Å². The SMILES string of the molecule is COc1ccc(C(C)(C)C(=O)Nc2ccc(OC(C)C)cc2)cc1. The van der Waals surface area contributed by atoms with Gasteiger partial charge in [-0.2, -0.15) is 0 Å². The predicted molar refractivity (Wildman–Crippen MR) is 96.9 cm³/mol. The van der Waals surface area contributed by atoms with Crippen molar-refractivity contribution in [2.75, 3.05) is 12.4 Å². The molecule has 2 aromatic rings. The molecule has 0 aliphatic rings. The number of amides is 1. The van der Waals surface area contributed by atoms with Gasteiger partial charge < -0.3 is 14.8 Å². The van der Waals surface area contributed by atoms with Crippen LogP contribution in [0.3, 0.4) is 0 Å². The molecule has 0 heterocycles. The molecule has 1 N–H and O–H groups in total. The zero-order chi connectivity index (χ0) is 17.7. The molecule has 128 valence electrons. The van der Waals surface area contributed by atoms with Crippen molar-refractivity contribution < 1.29 is 14.3 Å². The third-order valence-corrected chi connectivity index (χ3v) is 3.86. The van der Waals surface area contributed by atoms with E-state index in [1.165, 1.54) is 0 Å². The Hall–Kier alpha value is -2.49. The molecule has 0 saturated carbocycles. The Balaban J connectivity index is 2.09. The first-order valence-corrected chi connectivity index (χ1v) is 8.05. The first kappa shape index (κ1) is 17.9. The highest BCUT2D eigenvalue weighted by Crippen LogP contribution is 2.27. The molecule has 4 heteroatoms. The second-order valence-corrected chi connectivity index (χ2v) is 6.50. The topological polar surface area (TPSA) is 47.6 Å². The van der Waals surface area contributed by atoms with Crippen molar-refractivity contribution in [3.63, 3.8) is 0 Å². The third kappa shape index (κ3) is 4.28. The number of nitrogens with one attached hydrogen (secondary N) is 1. The van der Waals surface area contributed by atoms with Crippen LogP contribution in [-0.2, 0) is 10.2 Å². The summed E-state index contributed by atoms with van der Waals surface area (Å²) in [6.07, 6.45) is 0.124.